The highest BCUT2D eigenvalue weighted by atomic mass is 16.5. The van der Waals surface area contributed by atoms with Gasteiger partial charge in [-0.05, 0) is 49.8 Å². The standard InChI is InChI=1S/C17H23NO3/c1-11-3-4-12(9-16(11)20-2)7-8-18-17(19)14-10-13-5-6-15(14)21-13/h3-4,9,13-15H,5-8,10H2,1-2H3,(H,18,19)/t13-,14-,15-/m1/s1. The zero-order chi connectivity index (χ0) is 14.8. The molecule has 1 aromatic carbocycles. The second-order valence-electron chi connectivity index (χ2n) is 6.06. The summed E-state index contributed by atoms with van der Waals surface area (Å²) in [5.41, 5.74) is 2.31. The average molecular weight is 289 g/mol. The van der Waals surface area contributed by atoms with Gasteiger partial charge in [0.1, 0.15) is 5.75 Å². The van der Waals surface area contributed by atoms with Crippen molar-refractivity contribution in [3.8, 4) is 5.75 Å². The van der Waals surface area contributed by atoms with E-state index in [1.54, 1.807) is 7.11 Å². The van der Waals surface area contributed by atoms with E-state index >= 15 is 0 Å². The van der Waals surface area contributed by atoms with Crippen molar-refractivity contribution in [2.24, 2.45) is 5.92 Å². The van der Waals surface area contributed by atoms with Crippen LogP contribution < -0.4 is 10.1 Å². The summed E-state index contributed by atoms with van der Waals surface area (Å²) >= 11 is 0. The Kier molecular flexibility index (Phi) is 4.15. The minimum Gasteiger partial charge on any atom is -0.496 e. The van der Waals surface area contributed by atoms with Gasteiger partial charge in [0.05, 0.1) is 25.2 Å². The number of hydrogen-bond acceptors (Lipinski definition) is 3. The Morgan fingerprint density at radius 3 is 2.95 bits per heavy atom. The van der Waals surface area contributed by atoms with Gasteiger partial charge in [0.25, 0.3) is 0 Å². The first-order chi connectivity index (χ1) is 10.2. The zero-order valence-electron chi connectivity index (χ0n) is 12.7. The quantitative estimate of drug-likeness (QED) is 0.904. The number of amides is 1. The molecule has 1 N–H and O–H groups in total. The van der Waals surface area contributed by atoms with Gasteiger partial charge in [0.15, 0.2) is 0 Å². The summed E-state index contributed by atoms with van der Waals surface area (Å²) in [6, 6.07) is 6.19. The minimum absolute atomic E-state index is 0.0660. The van der Waals surface area contributed by atoms with E-state index < -0.39 is 0 Å². The number of aryl methyl sites for hydroxylation is 1. The molecule has 114 valence electrons. The molecule has 3 atom stereocenters. The Morgan fingerprint density at radius 1 is 1.43 bits per heavy atom. The fraction of sp³-hybridized carbons (Fsp3) is 0.588. The van der Waals surface area contributed by atoms with E-state index in [0.717, 1.165) is 37.0 Å². The molecule has 2 bridgehead atoms. The second kappa shape index (κ2) is 6.06. The number of ether oxygens (including phenoxy) is 2. The maximum absolute atomic E-state index is 12.2. The van der Waals surface area contributed by atoms with Crippen molar-refractivity contribution in [2.75, 3.05) is 13.7 Å². The van der Waals surface area contributed by atoms with Gasteiger partial charge in [-0.15, -0.1) is 0 Å². The lowest BCUT2D eigenvalue weighted by atomic mass is 9.88. The first kappa shape index (κ1) is 14.4. The molecule has 2 aliphatic rings. The highest BCUT2D eigenvalue weighted by Gasteiger charge is 2.44. The molecule has 0 aliphatic carbocycles. The molecular formula is C17H23NO3. The van der Waals surface area contributed by atoms with Crippen molar-refractivity contribution >= 4 is 5.91 Å². The van der Waals surface area contributed by atoms with Crippen LogP contribution in [0.25, 0.3) is 0 Å². The number of methoxy groups -OCH3 is 1. The van der Waals surface area contributed by atoms with Crippen molar-refractivity contribution in [2.45, 2.75) is 44.8 Å². The number of hydrogen-bond donors (Lipinski definition) is 1. The highest BCUT2D eigenvalue weighted by Crippen LogP contribution is 2.38. The molecule has 2 saturated heterocycles. The molecule has 21 heavy (non-hydrogen) atoms. The molecule has 2 aliphatic heterocycles. The third kappa shape index (κ3) is 3.05. The number of carbonyl (C=O) groups excluding carboxylic acids is 1. The number of benzene rings is 1. The van der Waals surface area contributed by atoms with E-state index in [2.05, 4.69) is 17.4 Å². The van der Waals surface area contributed by atoms with Crippen LogP contribution in [0, 0.1) is 12.8 Å². The summed E-state index contributed by atoms with van der Waals surface area (Å²) in [4.78, 5) is 12.2. The Morgan fingerprint density at radius 2 is 2.29 bits per heavy atom. The first-order valence-corrected chi connectivity index (χ1v) is 7.74. The monoisotopic (exact) mass is 289 g/mol. The van der Waals surface area contributed by atoms with E-state index in [9.17, 15) is 4.79 Å². The second-order valence-corrected chi connectivity index (χ2v) is 6.06. The molecule has 3 rings (SSSR count). The van der Waals surface area contributed by atoms with Crippen LogP contribution >= 0.6 is 0 Å². The van der Waals surface area contributed by atoms with Crippen molar-refractivity contribution in [1.82, 2.24) is 5.32 Å². The molecule has 0 spiro atoms. The van der Waals surface area contributed by atoms with E-state index in [4.69, 9.17) is 9.47 Å². The first-order valence-electron chi connectivity index (χ1n) is 7.74. The van der Waals surface area contributed by atoms with Gasteiger partial charge in [0, 0.05) is 6.54 Å². The molecule has 2 fully saturated rings. The largest absolute Gasteiger partial charge is 0.496 e. The van der Waals surface area contributed by atoms with Crippen LogP contribution in [0.4, 0.5) is 0 Å². The lowest BCUT2D eigenvalue weighted by Crippen LogP contribution is -2.37. The van der Waals surface area contributed by atoms with Gasteiger partial charge in [-0.2, -0.15) is 0 Å². The molecule has 2 heterocycles. The van der Waals surface area contributed by atoms with Crippen LogP contribution in [0.1, 0.15) is 30.4 Å². The SMILES string of the molecule is COc1cc(CCNC(=O)[C@@H]2C[C@H]3CC[C@H]2O3)ccc1C. The van der Waals surface area contributed by atoms with Crippen LogP contribution in [0.2, 0.25) is 0 Å². The number of carbonyl (C=O) groups is 1. The van der Waals surface area contributed by atoms with Crippen LogP contribution in [0.5, 0.6) is 5.75 Å². The number of fused-ring (bicyclic) bond motifs is 2. The van der Waals surface area contributed by atoms with E-state index in [1.807, 2.05) is 13.0 Å². The maximum Gasteiger partial charge on any atom is 0.225 e. The molecule has 4 heteroatoms. The summed E-state index contributed by atoms with van der Waals surface area (Å²) in [6.07, 6.45) is 4.37. The maximum atomic E-state index is 12.2. The molecule has 0 radical (unpaired) electrons. The van der Waals surface area contributed by atoms with Crippen molar-refractivity contribution in [3.63, 3.8) is 0 Å². The van der Waals surface area contributed by atoms with Crippen LogP contribution in [-0.2, 0) is 16.0 Å². The summed E-state index contributed by atoms with van der Waals surface area (Å²) in [7, 11) is 1.68. The topological polar surface area (TPSA) is 47.6 Å². The Labute approximate surface area is 125 Å². The number of rotatable bonds is 5. The third-order valence-electron chi connectivity index (χ3n) is 4.63. The van der Waals surface area contributed by atoms with Crippen LogP contribution in [0.3, 0.4) is 0 Å². The highest BCUT2D eigenvalue weighted by molar-refractivity contribution is 5.79. The van der Waals surface area contributed by atoms with Gasteiger partial charge in [-0.3, -0.25) is 4.79 Å². The molecule has 4 nitrogen and oxygen atoms in total. The van der Waals surface area contributed by atoms with Gasteiger partial charge >= 0.3 is 0 Å². The molecule has 0 aromatic heterocycles. The lowest BCUT2D eigenvalue weighted by Gasteiger charge is -2.18. The van der Waals surface area contributed by atoms with Crippen LogP contribution in [-0.4, -0.2) is 31.8 Å². The normalized spacial score (nSPS) is 26.9. The fourth-order valence-corrected chi connectivity index (χ4v) is 3.39. The lowest BCUT2D eigenvalue weighted by molar-refractivity contribution is -0.126. The van der Waals surface area contributed by atoms with E-state index in [0.29, 0.717) is 12.6 Å². The Hall–Kier alpha value is -1.55. The summed E-state index contributed by atoms with van der Waals surface area (Å²) in [5, 5.41) is 3.05. The van der Waals surface area contributed by atoms with Crippen molar-refractivity contribution in [3.05, 3.63) is 29.3 Å². The van der Waals surface area contributed by atoms with E-state index in [1.165, 1.54) is 5.56 Å². The zero-order valence-corrected chi connectivity index (χ0v) is 12.7. The predicted octanol–water partition coefficient (Wildman–Crippen LogP) is 2.23. The Bertz CT molecular complexity index is 529. The molecule has 1 aromatic rings. The van der Waals surface area contributed by atoms with Gasteiger partial charge < -0.3 is 14.8 Å². The predicted molar refractivity (Wildman–Crippen MR) is 80.4 cm³/mol. The summed E-state index contributed by atoms with van der Waals surface area (Å²) in [5.74, 6) is 1.12. The minimum atomic E-state index is 0.0660. The van der Waals surface area contributed by atoms with Gasteiger partial charge in [-0.25, -0.2) is 0 Å². The molecule has 0 unspecified atom stereocenters. The Balaban J connectivity index is 1.48. The average Bonchev–Trinajstić information content (AvgIpc) is 3.11. The number of nitrogens with one attached hydrogen (secondary N) is 1. The molecule has 0 saturated carbocycles. The summed E-state index contributed by atoms with van der Waals surface area (Å²) < 4.78 is 11.1. The fourth-order valence-electron chi connectivity index (χ4n) is 3.39. The molecular weight excluding hydrogens is 266 g/mol. The smallest absolute Gasteiger partial charge is 0.225 e. The summed E-state index contributed by atoms with van der Waals surface area (Å²) in [6.45, 7) is 2.69. The van der Waals surface area contributed by atoms with Gasteiger partial charge in [0.2, 0.25) is 5.91 Å². The van der Waals surface area contributed by atoms with E-state index in [-0.39, 0.29) is 17.9 Å². The molecule has 1 amide bonds. The van der Waals surface area contributed by atoms with Gasteiger partial charge in [-0.1, -0.05) is 12.1 Å². The van der Waals surface area contributed by atoms with Crippen molar-refractivity contribution in [1.29, 1.82) is 0 Å². The van der Waals surface area contributed by atoms with Crippen molar-refractivity contribution < 1.29 is 14.3 Å². The third-order valence-corrected chi connectivity index (χ3v) is 4.63. The van der Waals surface area contributed by atoms with Crippen LogP contribution in [0.15, 0.2) is 18.2 Å².